The second kappa shape index (κ2) is 5.16. The number of carbonyl (C=O) groups is 1. The fourth-order valence-electron chi connectivity index (χ4n) is 1.48. The van der Waals surface area contributed by atoms with Gasteiger partial charge in [-0.25, -0.2) is 14.4 Å². The highest BCUT2D eigenvalue weighted by atomic mass is 32.1. The molecule has 0 bridgehead atoms. The van der Waals surface area contributed by atoms with E-state index in [2.05, 4.69) is 15.3 Å². The van der Waals surface area contributed by atoms with Gasteiger partial charge >= 0.3 is 0 Å². The molecule has 0 radical (unpaired) electrons. The highest BCUT2D eigenvalue weighted by Crippen LogP contribution is 2.26. The van der Waals surface area contributed by atoms with Gasteiger partial charge in [0.05, 0.1) is 11.3 Å². The molecule has 2 heterocycles. The summed E-state index contributed by atoms with van der Waals surface area (Å²) >= 11 is 1.30. The molecule has 0 spiro atoms. The molecule has 7 heteroatoms. The molecule has 2 aromatic rings. The van der Waals surface area contributed by atoms with E-state index in [4.69, 9.17) is 5.73 Å². The maximum Gasteiger partial charge on any atom is 0.260 e. The highest BCUT2D eigenvalue weighted by Gasteiger charge is 2.20. The van der Waals surface area contributed by atoms with Crippen molar-refractivity contribution in [1.29, 1.82) is 0 Å². The third-order valence-corrected chi connectivity index (χ3v) is 3.41. The predicted octanol–water partition coefficient (Wildman–Crippen LogP) is 2.81. The van der Waals surface area contributed by atoms with Crippen molar-refractivity contribution in [2.24, 2.45) is 0 Å². The summed E-state index contributed by atoms with van der Waals surface area (Å²) in [5.41, 5.74) is 5.95. The maximum atomic E-state index is 13.7. The lowest BCUT2D eigenvalue weighted by atomic mass is 9.93. The first-order valence-electron chi connectivity index (χ1n) is 5.96. The Hall–Kier alpha value is -2.02. The number of thiazole rings is 1. The van der Waals surface area contributed by atoms with Crippen LogP contribution in [0.25, 0.3) is 0 Å². The minimum atomic E-state index is -0.822. The Morgan fingerprint density at radius 2 is 2.15 bits per heavy atom. The number of hydrogen-bond acceptors (Lipinski definition) is 5. The van der Waals surface area contributed by atoms with Crippen LogP contribution in [-0.2, 0) is 5.41 Å². The number of nitrogens with one attached hydrogen (secondary N) is 1. The number of nitrogens with two attached hydrogens (primary N) is 1. The Morgan fingerprint density at radius 3 is 2.75 bits per heavy atom. The number of rotatable bonds is 2. The molecular formula is C13H15FN4OS. The van der Waals surface area contributed by atoms with Gasteiger partial charge in [0.15, 0.2) is 16.8 Å². The predicted molar refractivity (Wildman–Crippen MR) is 77.4 cm³/mol. The molecule has 2 aromatic heterocycles. The van der Waals surface area contributed by atoms with Gasteiger partial charge in [-0.1, -0.05) is 20.8 Å². The summed E-state index contributed by atoms with van der Waals surface area (Å²) in [6.45, 7) is 6.07. The van der Waals surface area contributed by atoms with Gasteiger partial charge in [0, 0.05) is 17.0 Å². The van der Waals surface area contributed by atoms with Gasteiger partial charge in [-0.3, -0.25) is 10.1 Å². The third kappa shape index (κ3) is 2.93. The van der Waals surface area contributed by atoms with Gasteiger partial charge in [0.25, 0.3) is 5.91 Å². The quantitative estimate of drug-likeness (QED) is 0.892. The molecule has 0 saturated carbocycles. The van der Waals surface area contributed by atoms with Gasteiger partial charge in [0.2, 0.25) is 0 Å². The average molecular weight is 294 g/mol. The summed E-state index contributed by atoms with van der Waals surface area (Å²) in [7, 11) is 0. The number of hydrogen-bond donors (Lipinski definition) is 2. The molecular weight excluding hydrogens is 279 g/mol. The average Bonchev–Trinajstić information content (AvgIpc) is 2.81. The highest BCUT2D eigenvalue weighted by molar-refractivity contribution is 7.14. The zero-order valence-electron chi connectivity index (χ0n) is 11.4. The lowest BCUT2D eigenvalue weighted by molar-refractivity contribution is 0.102. The second-order valence-electron chi connectivity index (χ2n) is 5.30. The van der Waals surface area contributed by atoms with Crippen LogP contribution in [0.5, 0.6) is 0 Å². The standard InChI is InChI=1S/C13H15FN4OS/c1-13(2,3)8-6-20-12(17-8)18-11(19)7-4-5-16-10(15)9(7)14/h4-6H,1-3H3,(H2,15,16)(H,17,18,19). The molecule has 20 heavy (non-hydrogen) atoms. The molecule has 0 aliphatic rings. The van der Waals surface area contributed by atoms with Crippen LogP contribution in [0.15, 0.2) is 17.6 Å². The van der Waals surface area contributed by atoms with Gasteiger partial charge in [-0.05, 0) is 6.07 Å². The Balaban J connectivity index is 2.20. The Morgan fingerprint density at radius 1 is 1.45 bits per heavy atom. The number of carbonyl (C=O) groups excluding carboxylic acids is 1. The van der Waals surface area contributed by atoms with Crippen LogP contribution in [0.1, 0.15) is 36.8 Å². The fraction of sp³-hybridized carbons (Fsp3) is 0.308. The Bertz CT molecular complexity index is 648. The fourth-order valence-corrected chi connectivity index (χ4v) is 2.41. The van der Waals surface area contributed by atoms with E-state index in [0.29, 0.717) is 5.13 Å². The van der Waals surface area contributed by atoms with Crippen molar-refractivity contribution in [2.45, 2.75) is 26.2 Å². The van der Waals surface area contributed by atoms with Crippen LogP contribution in [0, 0.1) is 5.82 Å². The molecule has 3 N–H and O–H groups in total. The van der Waals surface area contributed by atoms with E-state index >= 15 is 0 Å². The molecule has 1 amide bonds. The van der Waals surface area contributed by atoms with E-state index < -0.39 is 11.7 Å². The molecule has 106 valence electrons. The SMILES string of the molecule is CC(C)(C)c1csc(NC(=O)c2ccnc(N)c2F)n1. The lowest BCUT2D eigenvalue weighted by Gasteiger charge is -2.14. The second-order valence-corrected chi connectivity index (χ2v) is 6.16. The Labute approximate surface area is 120 Å². The van der Waals surface area contributed by atoms with Gasteiger partial charge in [0.1, 0.15) is 0 Å². The van der Waals surface area contributed by atoms with Crippen molar-refractivity contribution in [2.75, 3.05) is 11.1 Å². The number of nitrogen functional groups attached to an aromatic ring is 1. The summed E-state index contributed by atoms with van der Waals surface area (Å²) in [6, 6.07) is 1.28. The van der Waals surface area contributed by atoms with Crippen LogP contribution in [0.2, 0.25) is 0 Å². The molecule has 0 aromatic carbocycles. The van der Waals surface area contributed by atoms with Crippen molar-refractivity contribution < 1.29 is 9.18 Å². The molecule has 0 unspecified atom stereocenters. The number of amides is 1. The van der Waals surface area contributed by atoms with E-state index in [9.17, 15) is 9.18 Å². The summed E-state index contributed by atoms with van der Waals surface area (Å²) in [4.78, 5) is 19.9. The molecule has 5 nitrogen and oxygen atoms in total. The zero-order chi connectivity index (χ0) is 14.9. The smallest absolute Gasteiger partial charge is 0.260 e. The third-order valence-electron chi connectivity index (χ3n) is 2.65. The van der Waals surface area contributed by atoms with E-state index in [1.165, 1.54) is 23.6 Å². The number of halogens is 1. The lowest BCUT2D eigenvalue weighted by Crippen LogP contribution is -2.16. The van der Waals surface area contributed by atoms with Crippen LogP contribution < -0.4 is 11.1 Å². The van der Waals surface area contributed by atoms with Gasteiger partial charge < -0.3 is 5.73 Å². The minimum absolute atomic E-state index is 0.105. The first kappa shape index (κ1) is 14.4. The summed E-state index contributed by atoms with van der Waals surface area (Å²) in [5, 5.41) is 4.86. The Kier molecular flexibility index (Phi) is 3.71. The van der Waals surface area contributed by atoms with Crippen molar-refractivity contribution in [3.63, 3.8) is 0 Å². The van der Waals surface area contributed by atoms with Gasteiger partial charge in [-0.15, -0.1) is 11.3 Å². The summed E-state index contributed by atoms with van der Waals surface area (Å²) in [6.07, 6.45) is 1.29. The number of nitrogens with zero attached hydrogens (tertiary/aromatic N) is 2. The van der Waals surface area contributed by atoms with Crippen LogP contribution in [0.3, 0.4) is 0 Å². The molecule has 0 aliphatic heterocycles. The normalized spacial score (nSPS) is 11.4. The minimum Gasteiger partial charge on any atom is -0.381 e. The first-order valence-corrected chi connectivity index (χ1v) is 6.84. The number of anilines is 2. The van der Waals surface area contributed by atoms with Crippen LogP contribution in [0.4, 0.5) is 15.3 Å². The van der Waals surface area contributed by atoms with E-state index in [-0.39, 0.29) is 16.8 Å². The molecule has 0 saturated heterocycles. The summed E-state index contributed by atoms with van der Waals surface area (Å²) in [5.74, 6) is -1.71. The molecule has 0 aliphatic carbocycles. The largest absolute Gasteiger partial charge is 0.381 e. The molecule has 0 fully saturated rings. The van der Waals surface area contributed by atoms with Crippen molar-refractivity contribution in [3.05, 3.63) is 34.7 Å². The number of pyridine rings is 1. The first-order chi connectivity index (χ1) is 9.29. The number of aromatic nitrogens is 2. The van der Waals surface area contributed by atoms with E-state index in [0.717, 1.165) is 5.69 Å². The van der Waals surface area contributed by atoms with E-state index in [1.807, 2.05) is 26.2 Å². The van der Waals surface area contributed by atoms with Crippen molar-refractivity contribution in [1.82, 2.24) is 9.97 Å². The maximum absolute atomic E-state index is 13.7. The van der Waals surface area contributed by atoms with Crippen LogP contribution in [-0.4, -0.2) is 15.9 Å². The topological polar surface area (TPSA) is 80.9 Å². The van der Waals surface area contributed by atoms with Crippen molar-refractivity contribution in [3.8, 4) is 0 Å². The molecule has 2 rings (SSSR count). The van der Waals surface area contributed by atoms with Gasteiger partial charge in [-0.2, -0.15) is 0 Å². The monoisotopic (exact) mass is 294 g/mol. The van der Waals surface area contributed by atoms with Crippen molar-refractivity contribution >= 4 is 28.2 Å². The summed E-state index contributed by atoms with van der Waals surface area (Å²) < 4.78 is 13.7. The zero-order valence-corrected chi connectivity index (χ0v) is 12.2. The van der Waals surface area contributed by atoms with Crippen LogP contribution >= 0.6 is 11.3 Å². The molecule has 0 atom stereocenters. The van der Waals surface area contributed by atoms with E-state index in [1.54, 1.807) is 0 Å².